The highest BCUT2D eigenvalue weighted by Crippen LogP contribution is 2.35. The third-order valence-electron chi connectivity index (χ3n) is 4.80. The van der Waals surface area contributed by atoms with Crippen molar-refractivity contribution in [2.24, 2.45) is 0 Å². The molecule has 23 heavy (non-hydrogen) atoms. The number of carbonyl (C=O) groups is 3. The van der Waals surface area contributed by atoms with E-state index in [0.29, 0.717) is 24.9 Å². The van der Waals surface area contributed by atoms with Crippen LogP contribution >= 0.6 is 0 Å². The summed E-state index contributed by atoms with van der Waals surface area (Å²) in [6, 6.07) is 5.24. The maximum atomic E-state index is 12.8. The van der Waals surface area contributed by atoms with E-state index in [-0.39, 0.29) is 23.1 Å². The van der Waals surface area contributed by atoms with Crippen LogP contribution in [0.3, 0.4) is 0 Å². The standard InChI is InChI=1S/C18H22N2O3/c1-18(2,3)13-7-5-6-11-12(13)10-20(16(11)22)14-8-9-15(21)19(4)17(14)23/h5-7,14H,8-10H2,1-4H3. The van der Waals surface area contributed by atoms with Gasteiger partial charge in [-0.3, -0.25) is 19.3 Å². The maximum Gasteiger partial charge on any atom is 0.255 e. The Morgan fingerprint density at radius 2 is 1.83 bits per heavy atom. The molecule has 1 fully saturated rings. The van der Waals surface area contributed by atoms with E-state index < -0.39 is 6.04 Å². The molecule has 0 spiro atoms. The number of hydrogen-bond donors (Lipinski definition) is 0. The summed E-state index contributed by atoms with van der Waals surface area (Å²) in [6.07, 6.45) is 0.714. The van der Waals surface area contributed by atoms with Crippen molar-refractivity contribution in [1.29, 1.82) is 0 Å². The molecule has 1 unspecified atom stereocenters. The van der Waals surface area contributed by atoms with Gasteiger partial charge in [0.1, 0.15) is 6.04 Å². The van der Waals surface area contributed by atoms with Gasteiger partial charge in [0, 0.05) is 25.6 Å². The van der Waals surface area contributed by atoms with Gasteiger partial charge in [0.25, 0.3) is 11.8 Å². The average molecular weight is 314 g/mol. The lowest BCUT2D eigenvalue weighted by Crippen LogP contribution is -2.53. The van der Waals surface area contributed by atoms with Crippen LogP contribution in [0.4, 0.5) is 0 Å². The number of rotatable bonds is 1. The fraction of sp³-hybridized carbons (Fsp3) is 0.500. The largest absolute Gasteiger partial charge is 0.322 e. The van der Waals surface area contributed by atoms with Gasteiger partial charge in [-0.1, -0.05) is 32.9 Å². The predicted molar refractivity (Wildman–Crippen MR) is 85.8 cm³/mol. The van der Waals surface area contributed by atoms with E-state index in [4.69, 9.17) is 0 Å². The van der Waals surface area contributed by atoms with Gasteiger partial charge in [-0.05, 0) is 29.0 Å². The Morgan fingerprint density at radius 3 is 2.48 bits per heavy atom. The first-order valence-electron chi connectivity index (χ1n) is 7.95. The summed E-state index contributed by atoms with van der Waals surface area (Å²) in [4.78, 5) is 39.6. The van der Waals surface area contributed by atoms with E-state index in [0.717, 1.165) is 16.0 Å². The van der Waals surface area contributed by atoms with Gasteiger partial charge in [-0.15, -0.1) is 0 Å². The highest BCUT2D eigenvalue weighted by molar-refractivity contribution is 6.05. The number of nitrogens with zero attached hydrogens (tertiary/aromatic N) is 2. The van der Waals surface area contributed by atoms with Crippen molar-refractivity contribution in [1.82, 2.24) is 9.80 Å². The van der Waals surface area contributed by atoms with E-state index in [9.17, 15) is 14.4 Å². The number of amides is 3. The van der Waals surface area contributed by atoms with Crippen molar-refractivity contribution in [3.05, 3.63) is 34.9 Å². The molecule has 122 valence electrons. The van der Waals surface area contributed by atoms with Crippen LogP contribution in [0, 0.1) is 0 Å². The second-order valence-electron chi connectivity index (χ2n) is 7.36. The zero-order chi connectivity index (χ0) is 16.9. The molecule has 3 amide bonds. The first kappa shape index (κ1) is 15.7. The fourth-order valence-electron chi connectivity index (χ4n) is 3.50. The lowest BCUT2D eigenvalue weighted by Gasteiger charge is -2.33. The Morgan fingerprint density at radius 1 is 1.13 bits per heavy atom. The number of hydrogen-bond acceptors (Lipinski definition) is 3. The summed E-state index contributed by atoms with van der Waals surface area (Å²) in [5, 5.41) is 0. The third-order valence-corrected chi connectivity index (χ3v) is 4.80. The summed E-state index contributed by atoms with van der Waals surface area (Å²) in [6.45, 7) is 6.80. The summed E-state index contributed by atoms with van der Waals surface area (Å²) in [5.74, 6) is -0.558. The molecule has 1 aromatic carbocycles. The van der Waals surface area contributed by atoms with Gasteiger partial charge >= 0.3 is 0 Å². The maximum absolute atomic E-state index is 12.8. The smallest absolute Gasteiger partial charge is 0.255 e. The van der Waals surface area contributed by atoms with E-state index in [1.54, 1.807) is 4.90 Å². The number of fused-ring (bicyclic) bond motifs is 1. The lowest BCUT2D eigenvalue weighted by atomic mass is 9.83. The zero-order valence-corrected chi connectivity index (χ0v) is 14.0. The van der Waals surface area contributed by atoms with Crippen molar-refractivity contribution < 1.29 is 14.4 Å². The van der Waals surface area contributed by atoms with E-state index in [1.165, 1.54) is 7.05 Å². The quantitative estimate of drug-likeness (QED) is 0.746. The highest BCUT2D eigenvalue weighted by Gasteiger charge is 2.42. The van der Waals surface area contributed by atoms with Crippen LogP contribution in [-0.2, 0) is 21.5 Å². The number of piperidine rings is 1. The number of imide groups is 1. The normalized spacial score (nSPS) is 21.9. The van der Waals surface area contributed by atoms with Gasteiger partial charge in [-0.25, -0.2) is 0 Å². The van der Waals surface area contributed by atoms with Crippen LogP contribution in [0.25, 0.3) is 0 Å². The molecule has 2 heterocycles. The Balaban J connectivity index is 1.96. The summed E-state index contributed by atoms with van der Waals surface area (Å²) in [5.41, 5.74) is 2.77. The average Bonchev–Trinajstić information content (AvgIpc) is 2.81. The van der Waals surface area contributed by atoms with Crippen LogP contribution in [0.15, 0.2) is 18.2 Å². The molecule has 5 heteroatoms. The Hall–Kier alpha value is -2.17. The molecule has 0 aromatic heterocycles. The molecule has 5 nitrogen and oxygen atoms in total. The minimum Gasteiger partial charge on any atom is -0.322 e. The molecular formula is C18H22N2O3. The molecule has 2 aliphatic rings. The van der Waals surface area contributed by atoms with Crippen LogP contribution in [0.5, 0.6) is 0 Å². The number of carbonyl (C=O) groups excluding carboxylic acids is 3. The fourth-order valence-corrected chi connectivity index (χ4v) is 3.50. The second kappa shape index (κ2) is 5.18. The molecular weight excluding hydrogens is 292 g/mol. The van der Waals surface area contributed by atoms with Gasteiger partial charge < -0.3 is 4.90 Å². The molecule has 1 aromatic rings. The summed E-state index contributed by atoms with van der Waals surface area (Å²) < 4.78 is 0. The van der Waals surface area contributed by atoms with E-state index in [1.807, 2.05) is 18.2 Å². The van der Waals surface area contributed by atoms with Crippen molar-refractivity contribution in [3.63, 3.8) is 0 Å². The Labute approximate surface area is 136 Å². The third kappa shape index (κ3) is 2.44. The van der Waals surface area contributed by atoms with Crippen molar-refractivity contribution in [2.75, 3.05) is 7.05 Å². The molecule has 1 atom stereocenters. The first-order valence-corrected chi connectivity index (χ1v) is 7.95. The van der Waals surface area contributed by atoms with Crippen molar-refractivity contribution >= 4 is 17.7 Å². The van der Waals surface area contributed by atoms with Crippen LogP contribution in [-0.4, -0.2) is 40.6 Å². The second-order valence-corrected chi connectivity index (χ2v) is 7.36. The lowest BCUT2D eigenvalue weighted by molar-refractivity contribution is -0.150. The van der Waals surface area contributed by atoms with Gasteiger partial charge in [0.2, 0.25) is 5.91 Å². The highest BCUT2D eigenvalue weighted by atomic mass is 16.2. The molecule has 3 rings (SSSR count). The van der Waals surface area contributed by atoms with Gasteiger partial charge in [0.15, 0.2) is 0 Å². The Kier molecular flexibility index (Phi) is 3.54. The monoisotopic (exact) mass is 314 g/mol. The number of likely N-dealkylation sites (tertiary alicyclic amines) is 1. The minimum absolute atomic E-state index is 0.0645. The van der Waals surface area contributed by atoms with Gasteiger partial charge in [0.05, 0.1) is 0 Å². The number of benzene rings is 1. The Bertz CT molecular complexity index is 703. The van der Waals surface area contributed by atoms with Crippen molar-refractivity contribution in [3.8, 4) is 0 Å². The number of likely N-dealkylation sites (N-methyl/N-ethyl adjacent to an activating group) is 1. The van der Waals surface area contributed by atoms with Crippen LogP contribution in [0.2, 0.25) is 0 Å². The molecule has 0 aliphatic carbocycles. The first-order chi connectivity index (χ1) is 10.7. The van der Waals surface area contributed by atoms with E-state index >= 15 is 0 Å². The zero-order valence-electron chi connectivity index (χ0n) is 14.0. The SMILES string of the molecule is CN1C(=O)CCC(N2Cc3c(cccc3C(C)(C)C)C2=O)C1=O. The molecule has 0 radical (unpaired) electrons. The van der Waals surface area contributed by atoms with E-state index in [2.05, 4.69) is 20.8 Å². The summed E-state index contributed by atoms with van der Waals surface area (Å²) >= 11 is 0. The topological polar surface area (TPSA) is 57.7 Å². The molecule has 0 N–H and O–H groups in total. The van der Waals surface area contributed by atoms with Gasteiger partial charge in [-0.2, -0.15) is 0 Å². The van der Waals surface area contributed by atoms with Crippen molar-refractivity contribution in [2.45, 2.75) is 51.6 Å². The molecule has 2 aliphatic heterocycles. The molecule has 1 saturated heterocycles. The van der Waals surface area contributed by atoms with Crippen LogP contribution < -0.4 is 0 Å². The predicted octanol–water partition coefficient (Wildman–Crippen LogP) is 2.09. The van der Waals surface area contributed by atoms with Crippen LogP contribution in [0.1, 0.15) is 55.1 Å². The molecule has 0 saturated carbocycles. The minimum atomic E-state index is -0.537. The molecule has 0 bridgehead atoms. The summed E-state index contributed by atoms with van der Waals surface area (Å²) in [7, 11) is 1.49.